The number of nitrogens with zero attached hydrogens (tertiary/aromatic N) is 1. The maximum Gasteiger partial charge on any atom is 0.241 e. The molecule has 0 radical (unpaired) electrons. The zero-order valence-electron chi connectivity index (χ0n) is 12.1. The van der Waals surface area contributed by atoms with Gasteiger partial charge in [-0.15, -0.1) is 0 Å². The Labute approximate surface area is 120 Å². The summed E-state index contributed by atoms with van der Waals surface area (Å²) in [6.07, 6.45) is 3.24. The summed E-state index contributed by atoms with van der Waals surface area (Å²) in [6, 6.07) is 10.0. The van der Waals surface area contributed by atoms with Crippen LogP contribution in [-0.2, 0) is 9.53 Å². The van der Waals surface area contributed by atoms with Crippen LogP contribution >= 0.6 is 0 Å². The van der Waals surface area contributed by atoms with Gasteiger partial charge in [-0.1, -0.05) is 30.3 Å². The van der Waals surface area contributed by atoms with Crippen molar-refractivity contribution in [2.24, 2.45) is 0 Å². The molecule has 1 heterocycles. The van der Waals surface area contributed by atoms with E-state index in [-0.39, 0.29) is 23.7 Å². The molecule has 1 aliphatic carbocycles. The highest BCUT2D eigenvalue weighted by Gasteiger charge is 2.45. The van der Waals surface area contributed by atoms with Crippen LogP contribution in [0.25, 0.3) is 0 Å². The summed E-state index contributed by atoms with van der Waals surface area (Å²) in [6.45, 7) is 2.61. The molecule has 4 heteroatoms. The third-order valence-corrected chi connectivity index (χ3v) is 4.64. The van der Waals surface area contributed by atoms with E-state index in [4.69, 9.17) is 4.74 Å². The van der Waals surface area contributed by atoms with Crippen molar-refractivity contribution in [2.75, 3.05) is 13.7 Å². The fourth-order valence-electron chi connectivity index (χ4n) is 3.16. The highest BCUT2D eigenvalue weighted by molar-refractivity contribution is 5.84. The lowest BCUT2D eigenvalue weighted by Gasteiger charge is -2.44. The minimum atomic E-state index is -0.131. The largest absolute Gasteiger partial charge is 0.376 e. The standard InChI is InChI=1S/C16H22N2O2/c1-12-15(19)18(11-16(20-2)9-6-10-16)14(17-12)13-7-4-3-5-8-13/h3-5,7-8,12,14,17H,6,9-11H2,1-2H3. The number of benzene rings is 1. The predicted octanol–water partition coefficient (Wildman–Crippen LogP) is 2.07. The van der Waals surface area contributed by atoms with Crippen LogP contribution < -0.4 is 5.32 Å². The van der Waals surface area contributed by atoms with Crippen molar-refractivity contribution in [1.29, 1.82) is 0 Å². The van der Waals surface area contributed by atoms with Gasteiger partial charge in [0.15, 0.2) is 0 Å². The molecule has 1 aliphatic heterocycles. The maximum absolute atomic E-state index is 12.4. The molecule has 1 saturated heterocycles. The molecule has 108 valence electrons. The van der Waals surface area contributed by atoms with E-state index in [0.29, 0.717) is 6.54 Å². The van der Waals surface area contributed by atoms with Gasteiger partial charge < -0.3 is 9.64 Å². The first-order valence-corrected chi connectivity index (χ1v) is 7.32. The van der Waals surface area contributed by atoms with Crippen LogP contribution in [0.4, 0.5) is 0 Å². The number of hydrogen-bond donors (Lipinski definition) is 1. The SMILES string of the molecule is COC1(CN2C(=O)C(C)NC2c2ccccc2)CCC1. The first-order chi connectivity index (χ1) is 9.65. The van der Waals surface area contributed by atoms with E-state index in [1.54, 1.807) is 7.11 Å². The Morgan fingerprint density at radius 3 is 2.60 bits per heavy atom. The molecule has 1 aromatic carbocycles. The Morgan fingerprint density at radius 2 is 2.05 bits per heavy atom. The molecule has 1 saturated carbocycles. The molecule has 2 fully saturated rings. The summed E-state index contributed by atoms with van der Waals surface area (Å²) in [4.78, 5) is 14.4. The second-order valence-corrected chi connectivity index (χ2v) is 5.91. The quantitative estimate of drug-likeness (QED) is 0.914. The minimum absolute atomic E-state index is 0.0358. The Bertz CT molecular complexity index is 479. The number of hydrogen-bond acceptors (Lipinski definition) is 3. The van der Waals surface area contributed by atoms with Gasteiger partial charge in [-0.25, -0.2) is 0 Å². The Balaban J connectivity index is 1.83. The number of nitrogens with one attached hydrogen (secondary N) is 1. The number of carbonyl (C=O) groups excluding carboxylic acids is 1. The average molecular weight is 274 g/mol. The zero-order chi connectivity index (χ0) is 14.2. The van der Waals surface area contributed by atoms with E-state index in [1.165, 1.54) is 6.42 Å². The first kappa shape index (κ1) is 13.6. The second-order valence-electron chi connectivity index (χ2n) is 5.91. The highest BCUT2D eigenvalue weighted by Crippen LogP contribution is 2.38. The minimum Gasteiger partial charge on any atom is -0.376 e. The monoisotopic (exact) mass is 274 g/mol. The molecule has 4 nitrogen and oxygen atoms in total. The van der Waals surface area contributed by atoms with Crippen molar-refractivity contribution in [1.82, 2.24) is 10.2 Å². The number of amides is 1. The van der Waals surface area contributed by atoms with E-state index in [0.717, 1.165) is 18.4 Å². The van der Waals surface area contributed by atoms with E-state index >= 15 is 0 Å². The van der Waals surface area contributed by atoms with Gasteiger partial charge in [0.1, 0.15) is 6.17 Å². The normalized spacial score (nSPS) is 28.5. The molecule has 1 N–H and O–H groups in total. The Hall–Kier alpha value is -1.39. The molecule has 20 heavy (non-hydrogen) atoms. The predicted molar refractivity (Wildman–Crippen MR) is 77.1 cm³/mol. The van der Waals surface area contributed by atoms with Gasteiger partial charge in [-0.2, -0.15) is 0 Å². The fourth-order valence-corrected chi connectivity index (χ4v) is 3.16. The van der Waals surface area contributed by atoms with Crippen LogP contribution in [0.5, 0.6) is 0 Å². The molecule has 1 aromatic rings. The molecule has 2 atom stereocenters. The molecule has 3 rings (SSSR count). The van der Waals surface area contributed by atoms with Crippen molar-refractivity contribution in [3.8, 4) is 0 Å². The van der Waals surface area contributed by atoms with Crippen LogP contribution in [0.3, 0.4) is 0 Å². The molecule has 2 unspecified atom stereocenters. The van der Waals surface area contributed by atoms with Gasteiger partial charge in [0.25, 0.3) is 0 Å². The van der Waals surface area contributed by atoms with Crippen molar-refractivity contribution < 1.29 is 9.53 Å². The summed E-state index contributed by atoms with van der Waals surface area (Å²) in [7, 11) is 1.76. The van der Waals surface area contributed by atoms with Crippen molar-refractivity contribution in [3.05, 3.63) is 35.9 Å². The van der Waals surface area contributed by atoms with Gasteiger partial charge in [0.05, 0.1) is 18.2 Å². The summed E-state index contributed by atoms with van der Waals surface area (Å²) < 4.78 is 5.68. The van der Waals surface area contributed by atoms with Crippen molar-refractivity contribution in [2.45, 2.75) is 44.0 Å². The van der Waals surface area contributed by atoms with Crippen LogP contribution in [0, 0.1) is 0 Å². The number of carbonyl (C=O) groups is 1. The highest BCUT2D eigenvalue weighted by atomic mass is 16.5. The third-order valence-electron chi connectivity index (χ3n) is 4.64. The molecule has 0 aromatic heterocycles. The van der Waals surface area contributed by atoms with E-state index in [9.17, 15) is 4.79 Å². The van der Waals surface area contributed by atoms with Crippen LogP contribution in [0.2, 0.25) is 0 Å². The summed E-state index contributed by atoms with van der Waals surface area (Å²) in [5.41, 5.74) is 1.00. The summed E-state index contributed by atoms with van der Waals surface area (Å²) >= 11 is 0. The third kappa shape index (κ3) is 2.23. The zero-order valence-corrected chi connectivity index (χ0v) is 12.1. The van der Waals surface area contributed by atoms with E-state index < -0.39 is 0 Å². The molecule has 2 aliphatic rings. The Kier molecular flexibility index (Phi) is 3.52. The average Bonchev–Trinajstić information content (AvgIpc) is 2.71. The summed E-state index contributed by atoms with van der Waals surface area (Å²) in [5, 5.41) is 3.39. The lowest BCUT2D eigenvalue weighted by Crippen LogP contribution is -2.51. The second kappa shape index (κ2) is 5.19. The van der Waals surface area contributed by atoms with Crippen LogP contribution in [-0.4, -0.2) is 36.1 Å². The molecule has 1 amide bonds. The van der Waals surface area contributed by atoms with Gasteiger partial charge in [0, 0.05) is 7.11 Å². The fraction of sp³-hybridized carbons (Fsp3) is 0.562. The molecule has 0 spiro atoms. The number of methoxy groups -OCH3 is 1. The van der Waals surface area contributed by atoms with E-state index in [1.807, 2.05) is 30.0 Å². The molecule has 0 bridgehead atoms. The van der Waals surface area contributed by atoms with Crippen molar-refractivity contribution >= 4 is 5.91 Å². The molecular weight excluding hydrogens is 252 g/mol. The lowest BCUT2D eigenvalue weighted by molar-refractivity contribution is -0.140. The topological polar surface area (TPSA) is 41.6 Å². The number of ether oxygens (including phenoxy) is 1. The first-order valence-electron chi connectivity index (χ1n) is 7.32. The van der Waals surface area contributed by atoms with Crippen molar-refractivity contribution in [3.63, 3.8) is 0 Å². The number of rotatable bonds is 4. The smallest absolute Gasteiger partial charge is 0.241 e. The molecular formula is C16H22N2O2. The van der Waals surface area contributed by atoms with Gasteiger partial charge in [0.2, 0.25) is 5.91 Å². The van der Waals surface area contributed by atoms with Crippen LogP contribution in [0.1, 0.15) is 37.9 Å². The Morgan fingerprint density at radius 1 is 1.35 bits per heavy atom. The van der Waals surface area contributed by atoms with Crippen LogP contribution in [0.15, 0.2) is 30.3 Å². The summed E-state index contributed by atoms with van der Waals surface area (Å²) in [5.74, 6) is 0.169. The van der Waals surface area contributed by atoms with Gasteiger partial charge in [-0.05, 0) is 31.7 Å². The van der Waals surface area contributed by atoms with Gasteiger partial charge in [-0.3, -0.25) is 10.1 Å². The van der Waals surface area contributed by atoms with Gasteiger partial charge >= 0.3 is 0 Å². The van der Waals surface area contributed by atoms with E-state index in [2.05, 4.69) is 17.4 Å². The lowest BCUT2D eigenvalue weighted by atomic mass is 9.79. The maximum atomic E-state index is 12.4.